The van der Waals surface area contributed by atoms with Crippen LogP contribution in [-0.4, -0.2) is 17.6 Å². The highest BCUT2D eigenvalue weighted by Gasteiger charge is 2.09. The molecule has 0 aliphatic carbocycles. The van der Waals surface area contributed by atoms with Gasteiger partial charge in [0.2, 0.25) is 5.91 Å². The Morgan fingerprint density at radius 2 is 2.05 bits per heavy atom. The van der Waals surface area contributed by atoms with Crippen molar-refractivity contribution < 1.29 is 9.90 Å². The SMILES string of the molecule is Cc1ccc(C(O)CNC(=O)CCCc2cccs2)cc1. The Hall–Kier alpha value is -1.65. The van der Waals surface area contributed by atoms with E-state index in [4.69, 9.17) is 0 Å². The van der Waals surface area contributed by atoms with E-state index in [-0.39, 0.29) is 12.5 Å². The van der Waals surface area contributed by atoms with Crippen molar-refractivity contribution in [2.24, 2.45) is 0 Å². The number of hydrogen-bond acceptors (Lipinski definition) is 3. The Morgan fingerprint density at radius 3 is 2.71 bits per heavy atom. The smallest absolute Gasteiger partial charge is 0.220 e. The molecule has 3 nitrogen and oxygen atoms in total. The van der Waals surface area contributed by atoms with Crippen LogP contribution in [-0.2, 0) is 11.2 Å². The van der Waals surface area contributed by atoms with Crippen LogP contribution >= 0.6 is 11.3 Å². The Balaban J connectivity index is 1.67. The summed E-state index contributed by atoms with van der Waals surface area (Å²) in [5, 5.41) is 14.9. The number of carbonyl (C=O) groups is 1. The molecular weight excluding hydrogens is 282 g/mol. The van der Waals surface area contributed by atoms with Gasteiger partial charge >= 0.3 is 0 Å². The summed E-state index contributed by atoms with van der Waals surface area (Å²) in [7, 11) is 0. The van der Waals surface area contributed by atoms with Crippen LogP contribution in [0.2, 0.25) is 0 Å². The van der Waals surface area contributed by atoms with Gasteiger partial charge in [-0.05, 0) is 36.8 Å². The van der Waals surface area contributed by atoms with E-state index in [9.17, 15) is 9.90 Å². The van der Waals surface area contributed by atoms with Gasteiger partial charge < -0.3 is 10.4 Å². The second kappa shape index (κ2) is 7.96. The first-order valence-corrected chi connectivity index (χ1v) is 8.07. The van der Waals surface area contributed by atoms with Crippen molar-refractivity contribution in [1.82, 2.24) is 5.32 Å². The van der Waals surface area contributed by atoms with Crippen LogP contribution in [0.15, 0.2) is 41.8 Å². The molecule has 2 N–H and O–H groups in total. The van der Waals surface area contributed by atoms with E-state index in [1.54, 1.807) is 11.3 Å². The molecule has 1 aromatic carbocycles. The second-order valence-corrected chi connectivity index (χ2v) is 6.20. The fraction of sp³-hybridized carbons (Fsp3) is 0.353. The molecule has 1 heterocycles. The molecule has 0 radical (unpaired) electrons. The molecule has 1 aromatic heterocycles. The molecule has 0 aliphatic rings. The fourth-order valence-electron chi connectivity index (χ4n) is 2.08. The van der Waals surface area contributed by atoms with Crippen molar-refractivity contribution in [3.8, 4) is 0 Å². The highest BCUT2D eigenvalue weighted by Crippen LogP contribution is 2.13. The number of benzene rings is 1. The van der Waals surface area contributed by atoms with Crippen molar-refractivity contribution >= 4 is 17.2 Å². The second-order valence-electron chi connectivity index (χ2n) is 5.16. The normalized spacial score (nSPS) is 12.1. The largest absolute Gasteiger partial charge is 0.387 e. The highest BCUT2D eigenvalue weighted by molar-refractivity contribution is 7.09. The average Bonchev–Trinajstić information content (AvgIpc) is 2.99. The van der Waals surface area contributed by atoms with Gasteiger partial charge in [0.05, 0.1) is 6.10 Å². The minimum Gasteiger partial charge on any atom is -0.387 e. The number of aliphatic hydroxyl groups is 1. The fourth-order valence-corrected chi connectivity index (χ4v) is 2.83. The van der Waals surface area contributed by atoms with Gasteiger partial charge in [-0.15, -0.1) is 11.3 Å². The van der Waals surface area contributed by atoms with Crippen LogP contribution in [0, 0.1) is 6.92 Å². The molecule has 0 saturated carbocycles. The lowest BCUT2D eigenvalue weighted by Crippen LogP contribution is -2.28. The number of thiophene rings is 1. The van der Waals surface area contributed by atoms with Crippen molar-refractivity contribution in [3.05, 3.63) is 57.8 Å². The minimum atomic E-state index is -0.646. The number of nitrogens with one attached hydrogen (secondary N) is 1. The predicted octanol–water partition coefficient (Wildman–Crippen LogP) is 3.23. The molecule has 1 atom stereocenters. The standard InChI is InChI=1S/C17H21NO2S/c1-13-7-9-14(10-8-13)16(19)12-18-17(20)6-2-4-15-5-3-11-21-15/h3,5,7-11,16,19H,2,4,6,12H2,1H3,(H,18,20). The van der Waals surface area contributed by atoms with Crippen LogP contribution in [0.4, 0.5) is 0 Å². The third kappa shape index (κ3) is 5.33. The topological polar surface area (TPSA) is 49.3 Å². The van der Waals surface area contributed by atoms with E-state index < -0.39 is 6.10 Å². The summed E-state index contributed by atoms with van der Waals surface area (Å²) >= 11 is 1.72. The van der Waals surface area contributed by atoms with Crippen LogP contribution in [0.3, 0.4) is 0 Å². The molecule has 21 heavy (non-hydrogen) atoms. The zero-order valence-corrected chi connectivity index (χ0v) is 13.0. The Labute approximate surface area is 129 Å². The molecule has 4 heteroatoms. The van der Waals surface area contributed by atoms with E-state index in [2.05, 4.69) is 11.4 Å². The maximum Gasteiger partial charge on any atom is 0.220 e. The summed E-state index contributed by atoms with van der Waals surface area (Å²) in [6.45, 7) is 2.27. The summed E-state index contributed by atoms with van der Waals surface area (Å²) in [5.41, 5.74) is 1.99. The lowest BCUT2D eigenvalue weighted by atomic mass is 10.1. The van der Waals surface area contributed by atoms with Gasteiger partial charge in [-0.25, -0.2) is 0 Å². The Kier molecular flexibility index (Phi) is 5.96. The Bertz CT molecular complexity index is 549. The number of rotatable bonds is 7. The van der Waals surface area contributed by atoms with Gasteiger partial charge in [-0.1, -0.05) is 35.9 Å². The molecule has 0 bridgehead atoms. The van der Waals surface area contributed by atoms with Crippen molar-refractivity contribution in [1.29, 1.82) is 0 Å². The zero-order valence-electron chi connectivity index (χ0n) is 12.2. The van der Waals surface area contributed by atoms with Gasteiger partial charge in [0.15, 0.2) is 0 Å². The van der Waals surface area contributed by atoms with Crippen molar-refractivity contribution in [2.45, 2.75) is 32.3 Å². The lowest BCUT2D eigenvalue weighted by molar-refractivity contribution is -0.121. The third-order valence-corrected chi connectivity index (χ3v) is 4.30. The monoisotopic (exact) mass is 303 g/mol. The number of aliphatic hydroxyl groups excluding tert-OH is 1. The summed E-state index contributed by atoms with van der Waals surface area (Å²) in [6.07, 6.45) is 1.63. The van der Waals surface area contributed by atoms with Gasteiger partial charge in [0.1, 0.15) is 0 Å². The molecular formula is C17H21NO2S. The molecule has 0 saturated heterocycles. The first kappa shape index (κ1) is 15.7. The Morgan fingerprint density at radius 1 is 1.29 bits per heavy atom. The number of carbonyl (C=O) groups excluding carboxylic acids is 1. The maximum atomic E-state index is 11.7. The molecule has 0 fully saturated rings. The van der Waals surface area contributed by atoms with Gasteiger partial charge in [-0.3, -0.25) is 4.79 Å². The lowest BCUT2D eigenvalue weighted by Gasteiger charge is -2.12. The van der Waals surface area contributed by atoms with E-state index in [0.717, 1.165) is 24.0 Å². The molecule has 0 aliphatic heterocycles. The van der Waals surface area contributed by atoms with E-state index in [1.165, 1.54) is 4.88 Å². The molecule has 1 amide bonds. The molecule has 2 rings (SSSR count). The summed E-state index contributed by atoms with van der Waals surface area (Å²) < 4.78 is 0. The van der Waals surface area contributed by atoms with E-state index >= 15 is 0 Å². The summed E-state index contributed by atoms with van der Waals surface area (Å²) in [6, 6.07) is 11.8. The summed E-state index contributed by atoms with van der Waals surface area (Å²) in [4.78, 5) is 13.1. The first-order valence-electron chi connectivity index (χ1n) is 7.19. The highest BCUT2D eigenvalue weighted by atomic mass is 32.1. The zero-order chi connectivity index (χ0) is 15.1. The van der Waals surface area contributed by atoms with Crippen LogP contribution in [0.25, 0.3) is 0 Å². The van der Waals surface area contributed by atoms with Crippen LogP contribution in [0.5, 0.6) is 0 Å². The number of amides is 1. The van der Waals surface area contributed by atoms with Gasteiger partial charge in [0.25, 0.3) is 0 Å². The van der Waals surface area contributed by atoms with E-state index in [0.29, 0.717) is 6.42 Å². The van der Waals surface area contributed by atoms with Crippen molar-refractivity contribution in [2.75, 3.05) is 6.54 Å². The summed E-state index contributed by atoms with van der Waals surface area (Å²) in [5.74, 6) is -0.00211. The van der Waals surface area contributed by atoms with Crippen LogP contribution in [0.1, 0.15) is 34.9 Å². The maximum absolute atomic E-state index is 11.7. The number of hydrogen-bond donors (Lipinski definition) is 2. The van der Waals surface area contributed by atoms with Gasteiger partial charge in [-0.2, -0.15) is 0 Å². The third-order valence-electron chi connectivity index (χ3n) is 3.36. The van der Waals surface area contributed by atoms with Crippen LogP contribution < -0.4 is 5.32 Å². The molecule has 2 aromatic rings. The quantitative estimate of drug-likeness (QED) is 0.825. The molecule has 1 unspecified atom stereocenters. The van der Waals surface area contributed by atoms with E-state index in [1.807, 2.05) is 42.6 Å². The number of aryl methyl sites for hydroxylation is 2. The minimum absolute atomic E-state index is 0.00211. The predicted molar refractivity (Wildman–Crippen MR) is 86.4 cm³/mol. The molecule has 112 valence electrons. The first-order chi connectivity index (χ1) is 10.1. The average molecular weight is 303 g/mol. The molecule has 0 spiro atoms. The van der Waals surface area contributed by atoms with Gasteiger partial charge in [0, 0.05) is 17.8 Å². The van der Waals surface area contributed by atoms with Crippen molar-refractivity contribution in [3.63, 3.8) is 0 Å².